The average Bonchev–Trinajstić information content (AvgIpc) is 3.01. The van der Waals surface area contributed by atoms with Gasteiger partial charge in [-0.15, -0.1) is 0 Å². The molecule has 1 saturated heterocycles. The normalized spacial score (nSPS) is 20.5. The molecule has 124 valence electrons. The van der Waals surface area contributed by atoms with Crippen LogP contribution in [-0.2, 0) is 21.2 Å². The lowest BCUT2D eigenvalue weighted by atomic mass is 10.2. The minimum atomic E-state index is -2.88. The predicted molar refractivity (Wildman–Crippen MR) is 84.2 cm³/mol. The van der Waals surface area contributed by atoms with Gasteiger partial charge in [-0.2, -0.15) is 0 Å². The van der Waals surface area contributed by atoms with Gasteiger partial charge in [0.25, 0.3) is 0 Å². The molecule has 1 aliphatic heterocycles. The number of amides is 1. The first kappa shape index (κ1) is 17.0. The molecule has 0 aliphatic carbocycles. The highest BCUT2D eigenvalue weighted by Crippen LogP contribution is 2.17. The first-order valence-electron chi connectivity index (χ1n) is 7.47. The van der Waals surface area contributed by atoms with Gasteiger partial charge in [0.15, 0.2) is 9.84 Å². The quantitative estimate of drug-likeness (QED) is 0.781. The molecule has 6 nitrogen and oxygen atoms in total. The van der Waals surface area contributed by atoms with Gasteiger partial charge in [0.1, 0.15) is 11.5 Å². The van der Waals surface area contributed by atoms with Crippen LogP contribution in [0, 0.1) is 6.92 Å². The molecular formula is C15H24N2O4S. The van der Waals surface area contributed by atoms with E-state index in [1.165, 1.54) is 0 Å². The van der Waals surface area contributed by atoms with Gasteiger partial charge in [-0.1, -0.05) is 0 Å². The molecule has 1 amide bonds. The van der Waals surface area contributed by atoms with E-state index in [1.807, 2.05) is 31.0 Å². The first-order valence-corrected chi connectivity index (χ1v) is 9.29. The van der Waals surface area contributed by atoms with Gasteiger partial charge in [0, 0.05) is 26.1 Å². The van der Waals surface area contributed by atoms with Crippen LogP contribution in [0.1, 0.15) is 24.4 Å². The highest BCUT2D eigenvalue weighted by atomic mass is 32.2. The van der Waals surface area contributed by atoms with Crippen molar-refractivity contribution in [1.82, 2.24) is 9.80 Å². The number of rotatable bonds is 6. The summed E-state index contributed by atoms with van der Waals surface area (Å²) in [7, 11) is 0.751. The summed E-state index contributed by atoms with van der Waals surface area (Å²) in [4.78, 5) is 15.8. The Labute approximate surface area is 132 Å². The van der Waals surface area contributed by atoms with Crippen LogP contribution >= 0.6 is 0 Å². The van der Waals surface area contributed by atoms with Crippen molar-refractivity contribution in [3.63, 3.8) is 0 Å². The van der Waals surface area contributed by atoms with E-state index >= 15 is 0 Å². The Bertz CT molecular complexity index is 623. The number of hydrogen-bond donors (Lipinski definition) is 0. The Kier molecular flexibility index (Phi) is 5.28. The third-order valence-corrected chi connectivity index (χ3v) is 5.88. The number of furan rings is 1. The van der Waals surface area contributed by atoms with E-state index in [1.54, 1.807) is 11.9 Å². The fourth-order valence-electron chi connectivity index (χ4n) is 2.66. The Hall–Kier alpha value is -1.34. The molecule has 0 spiro atoms. The molecular weight excluding hydrogens is 304 g/mol. The monoisotopic (exact) mass is 328 g/mol. The summed E-state index contributed by atoms with van der Waals surface area (Å²) in [6.45, 7) is 2.89. The molecule has 0 aromatic carbocycles. The smallest absolute Gasteiger partial charge is 0.224 e. The zero-order valence-electron chi connectivity index (χ0n) is 13.4. The van der Waals surface area contributed by atoms with E-state index in [0.717, 1.165) is 11.5 Å². The second-order valence-electron chi connectivity index (χ2n) is 6.05. The van der Waals surface area contributed by atoms with Gasteiger partial charge in [-0.25, -0.2) is 8.42 Å². The lowest BCUT2D eigenvalue weighted by molar-refractivity contribution is -0.131. The number of nitrogens with zero attached hydrogens (tertiary/aromatic N) is 2. The number of hydrogen-bond acceptors (Lipinski definition) is 5. The zero-order chi connectivity index (χ0) is 16.3. The van der Waals surface area contributed by atoms with Crippen LogP contribution in [0.4, 0.5) is 0 Å². The Morgan fingerprint density at radius 3 is 2.64 bits per heavy atom. The molecule has 22 heavy (non-hydrogen) atoms. The maximum atomic E-state index is 12.1. The molecule has 0 unspecified atom stereocenters. The van der Waals surface area contributed by atoms with Crippen LogP contribution in [0.25, 0.3) is 0 Å². The Morgan fingerprint density at radius 2 is 2.09 bits per heavy atom. The molecule has 0 N–H and O–H groups in total. The highest BCUT2D eigenvalue weighted by Gasteiger charge is 2.30. The van der Waals surface area contributed by atoms with Gasteiger partial charge in [0.05, 0.1) is 18.1 Å². The molecule has 1 atom stereocenters. The Morgan fingerprint density at radius 1 is 1.36 bits per heavy atom. The van der Waals surface area contributed by atoms with Crippen LogP contribution in [0.15, 0.2) is 16.5 Å². The van der Waals surface area contributed by atoms with Gasteiger partial charge in [-0.3, -0.25) is 4.79 Å². The largest absolute Gasteiger partial charge is 0.464 e. The van der Waals surface area contributed by atoms with E-state index in [9.17, 15) is 13.2 Å². The topological polar surface area (TPSA) is 70.8 Å². The van der Waals surface area contributed by atoms with Crippen LogP contribution in [0.2, 0.25) is 0 Å². The SMILES string of the molecule is Cc1ccc(CN(C)C(=O)CCN(C)[C@H]2CCS(=O)(=O)C2)o1. The van der Waals surface area contributed by atoms with Crippen LogP contribution < -0.4 is 0 Å². The van der Waals surface area contributed by atoms with Crippen LogP contribution in [0.3, 0.4) is 0 Å². The minimum Gasteiger partial charge on any atom is -0.464 e. The third kappa shape index (κ3) is 4.58. The predicted octanol–water partition coefficient (Wildman–Crippen LogP) is 1.06. The molecule has 0 saturated carbocycles. The van der Waals surface area contributed by atoms with Crippen molar-refractivity contribution >= 4 is 15.7 Å². The van der Waals surface area contributed by atoms with Crippen molar-refractivity contribution in [2.75, 3.05) is 32.1 Å². The van der Waals surface area contributed by atoms with Gasteiger partial charge in [-0.05, 0) is 32.5 Å². The van der Waals surface area contributed by atoms with Crippen molar-refractivity contribution in [2.45, 2.75) is 32.4 Å². The number of carbonyl (C=O) groups excluding carboxylic acids is 1. The van der Waals surface area contributed by atoms with Crippen LogP contribution in [-0.4, -0.2) is 62.3 Å². The second kappa shape index (κ2) is 6.83. The summed E-state index contributed by atoms with van der Waals surface area (Å²) >= 11 is 0. The van der Waals surface area contributed by atoms with Crippen molar-refractivity contribution in [2.24, 2.45) is 0 Å². The summed E-state index contributed by atoms with van der Waals surface area (Å²) in [5, 5.41) is 0. The lowest BCUT2D eigenvalue weighted by Gasteiger charge is -2.24. The van der Waals surface area contributed by atoms with Gasteiger partial charge >= 0.3 is 0 Å². The second-order valence-corrected chi connectivity index (χ2v) is 8.28. The summed E-state index contributed by atoms with van der Waals surface area (Å²) in [6, 6.07) is 3.78. The Balaban J connectivity index is 1.77. The third-order valence-electron chi connectivity index (χ3n) is 4.12. The lowest BCUT2D eigenvalue weighted by Crippen LogP contribution is -2.36. The molecule has 0 radical (unpaired) electrons. The van der Waals surface area contributed by atoms with Gasteiger partial charge in [0.2, 0.25) is 5.91 Å². The molecule has 1 fully saturated rings. The minimum absolute atomic E-state index is 0.0294. The summed E-state index contributed by atoms with van der Waals surface area (Å²) in [5.41, 5.74) is 0. The molecule has 0 bridgehead atoms. The molecule has 1 aromatic rings. The molecule has 7 heteroatoms. The summed E-state index contributed by atoms with van der Waals surface area (Å²) < 4.78 is 28.4. The molecule has 2 rings (SSSR count). The molecule has 2 heterocycles. The number of sulfone groups is 1. The van der Waals surface area contributed by atoms with E-state index < -0.39 is 9.84 Å². The van der Waals surface area contributed by atoms with E-state index in [2.05, 4.69) is 0 Å². The van der Waals surface area contributed by atoms with Crippen molar-refractivity contribution in [3.05, 3.63) is 23.7 Å². The standard InChI is InChI=1S/C15H24N2O4S/c1-12-4-5-14(21-12)10-17(3)15(18)6-8-16(2)13-7-9-22(19,20)11-13/h4-5,13H,6-11H2,1-3H3/t13-/m0/s1. The highest BCUT2D eigenvalue weighted by molar-refractivity contribution is 7.91. The molecule has 1 aliphatic rings. The summed E-state index contributed by atoms with van der Waals surface area (Å²) in [6.07, 6.45) is 1.04. The maximum Gasteiger partial charge on any atom is 0.224 e. The maximum absolute atomic E-state index is 12.1. The number of carbonyl (C=O) groups is 1. The average molecular weight is 328 g/mol. The summed E-state index contributed by atoms with van der Waals surface area (Å²) in [5.74, 6) is 2.09. The van der Waals surface area contributed by atoms with Gasteiger partial charge < -0.3 is 14.2 Å². The molecule has 1 aromatic heterocycles. The zero-order valence-corrected chi connectivity index (χ0v) is 14.2. The van der Waals surface area contributed by atoms with E-state index in [0.29, 0.717) is 25.9 Å². The van der Waals surface area contributed by atoms with E-state index in [4.69, 9.17) is 4.42 Å². The van der Waals surface area contributed by atoms with E-state index in [-0.39, 0.29) is 23.5 Å². The van der Waals surface area contributed by atoms with Crippen molar-refractivity contribution in [3.8, 4) is 0 Å². The number of aryl methyl sites for hydroxylation is 1. The fourth-order valence-corrected chi connectivity index (χ4v) is 4.47. The first-order chi connectivity index (χ1) is 10.3. The van der Waals surface area contributed by atoms with Crippen LogP contribution in [0.5, 0.6) is 0 Å². The van der Waals surface area contributed by atoms with Crippen molar-refractivity contribution in [1.29, 1.82) is 0 Å². The fraction of sp³-hybridized carbons (Fsp3) is 0.667. The van der Waals surface area contributed by atoms with Crippen molar-refractivity contribution < 1.29 is 17.6 Å².